The van der Waals surface area contributed by atoms with Crippen LogP contribution in [0.3, 0.4) is 0 Å². The minimum Gasteiger partial charge on any atom is -0.493 e. The summed E-state index contributed by atoms with van der Waals surface area (Å²) in [6.07, 6.45) is 0.855. The highest BCUT2D eigenvalue weighted by Crippen LogP contribution is 2.27. The van der Waals surface area contributed by atoms with Crippen molar-refractivity contribution in [2.24, 2.45) is 0 Å². The molecule has 0 aliphatic rings. The fourth-order valence-corrected chi connectivity index (χ4v) is 2.76. The fraction of sp³-hybridized carbons (Fsp3) is 0.263. The molecule has 0 atom stereocenters. The predicted octanol–water partition coefficient (Wildman–Crippen LogP) is 3.85. The molecule has 2 aromatic carbocycles. The summed E-state index contributed by atoms with van der Waals surface area (Å²) in [4.78, 5) is 0. The molecule has 0 saturated heterocycles. The Morgan fingerprint density at radius 1 is 1.00 bits per heavy atom. The van der Waals surface area contributed by atoms with Gasteiger partial charge < -0.3 is 19.2 Å². The van der Waals surface area contributed by atoms with Gasteiger partial charge in [0.1, 0.15) is 0 Å². The lowest BCUT2D eigenvalue weighted by Crippen LogP contribution is -2.16. The van der Waals surface area contributed by atoms with E-state index in [0.717, 1.165) is 40.1 Å². The Balaban J connectivity index is 1.50. The predicted molar refractivity (Wildman–Crippen MR) is 102 cm³/mol. The molecule has 3 rings (SSSR count). The van der Waals surface area contributed by atoms with Crippen LogP contribution in [0.5, 0.6) is 11.5 Å². The van der Waals surface area contributed by atoms with E-state index >= 15 is 0 Å². The lowest BCUT2D eigenvalue weighted by atomic mass is 10.1. The van der Waals surface area contributed by atoms with Gasteiger partial charge in [-0.2, -0.15) is 0 Å². The average Bonchev–Trinajstić information content (AvgIpc) is 3.14. The van der Waals surface area contributed by atoms with Crippen molar-refractivity contribution in [3.63, 3.8) is 0 Å². The Morgan fingerprint density at radius 2 is 1.77 bits per heavy atom. The molecule has 26 heavy (non-hydrogen) atoms. The zero-order valence-corrected chi connectivity index (χ0v) is 16.2. The minimum atomic E-state index is 0.522. The summed E-state index contributed by atoms with van der Waals surface area (Å²) in [6, 6.07) is 13.7. The Morgan fingerprint density at radius 3 is 2.50 bits per heavy atom. The van der Waals surface area contributed by atoms with Gasteiger partial charge in [0.15, 0.2) is 11.5 Å². The molecule has 0 bridgehead atoms. The first kappa shape index (κ1) is 18.4. The van der Waals surface area contributed by atoms with Gasteiger partial charge >= 0.3 is 0 Å². The normalized spacial score (nSPS) is 10.7. The molecule has 0 spiro atoms. The molecule has 1 heterocycles. The van der Waals surface area contributed by atoms with Crippen LogP contribution >= 0.6 is 15.9 Å². The van der Waals surface area contributed by atoms with Crippen molar-refractivity contribution in [3.05, 3.63) is 58.4 Å². The van der Waals surface area contributed by atoms with Crippen LogP contribution in [0, 0.1) is 0 Å². The lowest BCUT2D eigenvalue weighted by Gasteiger charge is -2.09. The number of ether oxygens (including phenoxy) is 2. The topological polar surface area (TPSA) is 69.4 Å². The van der Waals surface area contributed by atoms with Crippen LogP contribution in [0.25, 0.3) is 11.5 Å². The zero-order chi connectivity index (χ0) is 18.4. The van der Waals surface area contributed by atoms with Crippen molar-refractivity contribution in [3.8, 4) is 23.0 Å². The van der Waals surface area contributed by atoms with Gasteiger partial charge in [0.05, 0.1) is 20.8 Å². The van der Waals surface area contributed by atoms with Crippen molar-refractivity contribution in [1.29, 1.82) is 0 Å². The molecule has 7 heteroatoms. The monoisotopic (exact) mass is 417 g/mol. The molecule has 0 saturated carbocycles. The Bertz CT molecular complexity index is 849. The summed E-state index contributed by atoms with van der Waals surface area (Å²) in [5.74, 6) is 2.56. The van der Waals surface area contributed by atoms with Gasteiger partial charge in [-0.3, -0.25) is 0 Å². The van der Waals surface area contributed by atoms with E-state index in [1.807, 2.05) is 42.5 Å². The van der Waals surface area contributed by atoms with Crippen LogP contribution in [0.4, 0.5) is 0 Å². The molecule has 6 nitrogen and oxygen atoms in total. The van der Waals surface area contributed by atoms with E-state index in [1.54, 1.807) is 14.2 Å². The van der Waals surface area contributed by atoms with Crippen LogP contribution in [0.1, 0.15) is 11.5 Å². The number of methoxy groups -OCH3 is 2. The van der Waals surface area contributed by atoms with Crippen molar-refractivity contribution >= 4 is 15.9 Å². The van der Waals surface area contributed by atoms with E-state index in [-0.39, 0.29) is 0 Å². The molecule has 0 unspecified atom stereocenters. The van der Waals surface area contributed by atoms with Gasteiger partial charge in [-0.25, -0.2) is 0 Å². The zero-order valence-electron chi connectivity index (χ0n) is 14.7. The second-order valence-electron chi connectivity index (χ2n) is 5.62. The van der Waals surface area contributed by atoms with E-state index < -0.39 is 0 Å². The third-order valence-corrected chi connectivity index (χ3v) is 4.40. The van der Waals surface area contributed by atoms with Crippen LogP contribution in [-0.2, 0) is 13.0 Å². The summed E-state index contributed by atoms with van der Waals surface area (Å²) in [7, 11) is 3.27. The maximum atomic E-state index is 5.69. The van der Waals surface area contributed by atoms with Gasteiger partial charge in [0.2, 0.25) is 11.8 Å². The second-order valence-corrected chi connectivity index (χ2v) is 6.54. The van der Waals surface area contributed by atoms with Gasteiger partial charge in [0, 0.05) is 10.0 Å². The Kier molecular flexibility index (Phi) is 6.25. The van der Waals surface area contributed by atoms with Gasteiger partial charge in [-0.05, 0) is 54.9 Å². The average molecular weight is 418 g/mol. The van der Waals surface area contributed by atoms with E-state index in [9.17, 15) is 0 Å². The number of rotatable bonds is 8. The van der Waals surface area contributed by atoms with Crippen LogP contribution in [0.2, 0.25) is 0 Å². The highest BCUT2D eigenvalue weighted by Gasteiger charge is 2.08. The standard InChI is InChI=1S/C19H20BrN3O3/c1-24-16-8-3-13(11-17(16)25-2)9-10-21-12-18-22-23-19(26-18)14-4-6-15(20)7-5-14/h3-8,11,21H,9-10,12H2,1-2H3. The molecular weight excluding hydrogens is 398 g/mol. The third kappa shape index (κ3) is 4.62. The molecular formula is C19H20BrN3O3. The maximum Gasteiger partial charge on any atom is 0.247 e. The number of nitrogens with one attached hydrogen (secondary N) is 1. The molecule has 1 N–H and O–H groups in total. The Labute approximate surface area is 160 Å². The summed E-state index contributed by atoms with van der Waals surface area (Å²) in [5, 5.41) is 11.5. The van der Waals surface area contributed by atoms with Crippen molar-refractivity contribution in [2.45, 2.75) is 13.0 Å². The van der Waals surface area contributed by atoms with Crippen LogP contribution in [-0.4, -0.2) is 31.0 Å². The van der Waals surface area contributed by atoms with Crippen molar-refractivity contribution in [1.82, 2.24) is 15.5 Å². The number of benzene rings is 2. The first-order chi connectivity index (χ1) is 12.7. The lowest BCUT2D eigenvalue weighted by molar-refractivity contribution is 0.354. The number of hydrogen-bond donors (Lipinski definition) is 1. The van der Waals surface area contributed by atoms with Crippen molar-refractivity contribution < 1.29 is 13.9 Å². The molecule has 0 aliphatic carbocycles. The molecule has 3 aromatic rings. The van der Waals surface area contributed by atoms with Gasteiger partial charge in [-0.15, -0.1) is 10.2 Å². The molecule has 1 aromatic heterocycles. The second kappa shape index (κ2) is 8.82. The van der Waals surface area contributed by atoms with Crippen LogP contribution in [0.15, 0.2) is 51.4 Å². The fourth-order valence-electron chi connectivity index (χ4n) is 2.50. The number of aromatic nitrogens is 2. The quantitative estimate of drug-likeness (QED) is 0.561. The van der Waals surface area contributed by atoms with Gasteiger partial charge in [0.25, 0.3) is 0 Å². The minimum absolute atomic E-state index is 0.522. The van der Waals surface area contributed by atoms with E-state index in [2.05, 4.69) is 31.4 Å². The molecule has 0 fully saturated rings. The van der Waals surface area contributed by atoms with E-state index in [0.29, 0.717) is 18.3 Å². The first-order valence-electron chi connectivity index (χ1n) is 8.19. The van der Waals surface area contributed by atoms with E-state index in [4.69, 9.17) is 13.9 Å². The molecule has 0 aliphatic heterocycles. The summed E-state index contributed by atoms with van der Waals surface area (Å²) < 4.78 is 17.3. The highest BCUT2D eigenvalue weighted by molar-refractivity contribution is 9.10. The number of nitrogens with zero attached hydrogens (tertiary/aromatic N) is 2. The Hall–Kier alpha value is -2.38. The summed E-state index contributed by atoms with van der Waals surface area (Å²) >= 11 is 3.41. The molecule has 0 amide bonds. The number of halogens is 1. The smallest absolute Gasteiger partial charge is 0.247 e. The highest BCUT2D eigenvalue weighted by atomic mass is 79.9. The largest absolute Gasteiger partial charge is 0.493 e. The summed E-state index contributed by atoms with van der Waals surface area (Å²) in [5.41, 5.74) is 2.06. The van der Waals surface area contributed by atoms with Crippen molar-refractivity contribution in [2.75, 3.05) is 20.8 Å². The van der Waals surface area contributed by atoms with E-state index in [1.165, 1.54) is 0 Å². The number of hydrogen-bond acceptors (Lipinski definition) is 6. The first-order valence-corrected chi connectivity index (χ1v) is 8.99. The molecule has 136 valence electrons. The van der Waals surface area contributed by atoms with Gasteiger partial charge in [-0.1, -0.05) is 22.0 Å². The maximum absolute atomic E-state index is 5.69. The third-order valence-electron chi connectivity index (χ3n) is 3.87. The van der Waals surface area contributed by atoms with Crippen LogP contribution < -0.4 is 14.8 Å². The summed E-state index contributed by atoms with van der Waals surface area (Å²) in [6.45, 7) is 1.31. The SMILES string of the molecule is COc1ccc(CCNCc2nnc(-c3ccc(Br)cc3)o2)cc1OC. The molecule has 0 radical (unpaired) electrons.